The molecule has 0 saturated heterocycles. The summed E-state index contributed by atoms with van der Waals surface area (Å²) in [7, 11) is 3.22. The number of methoxy groups -OCH3 is 2. The number of ether oxygens (including phenoxy) is 3. The van der Waals surface area contributed by atoms with Crippen LogP contribution in [0.15, 0.2) is 48.5 Å². The summed E-state index contributed by atoms with van der Waals surface area (Å²) < 4.78 is 16.5. The second-order valence-electron chi connectivity index (χ2n) is 6.10. The second-order valence-corrected chi connectivity index (χ2v) is 6.51. The first-order valence-corrected chi connectivity index (χ1v) is 9.30. The number of nitrogens with one attached hydrogen (secondary N) is 1. The highest BCUT2D eigenvalue weighted by Gasteiger charge is 2.12. The van der Waals surface area contributed by atoms with Crippen LogP contribution in [0.1, 0.15) is 18.1 Å². The Labute approximate surface area is 165 Å². The normalized spacial score (nSPS) is 10.8. The van der Waals surface area contributed by atoms with E-state index in [9.17, 15) is 0 Å². The summed E-state index contributed by atoms with van der Waals surface area (Å²) in [6.07, 6.45) is 0. The van der Waals surface area contributed by atoms with Gasteiger partial charge in [0.15, 0.2) is 11.5 Å². The molecule has 0 aliphatic rings. The van der Waals surface area contributed by atoms with E-state index in [1.807, 2.05) is 31.2 Å². The highest BCUT2D eigenvalue weighted by atomic mass is 35.5. The first-order valence-electron chi connectivity index (χ1n) is 8.92. The summed E-state index contributed by atoms with van der Waals surface area (Å²) in [5, 5.41) is 6.50. The molecule has 142 valence electrons. The molecule has 27 heavy (non-hydrogen) atoms. The molecule has 0 aliphatic heterocycles. The van der Waals surface area contributed by atoms with Gasteiger partial charge in [-0.1, -0.05) is 41.9 Å². The zero-order valence-electron chi connectivity index (χ0n) is 15.8. The van der Waals surface area contributed by atoms with Crippen LogP contribution in [0.3, 0.4) is 0 Å². The molecule has 0 saturated carbocycles. The first kappa shape index (κ1) is 19.3. The van der Waals surface area contributed by atoms with E-state index < -0.39 is 0 Å². The van der Waals surface area contributed by atoms with Crippen molar-refractivity contribution in [1.82, 2.24) is 5.32 Å². The van der Waals surface area contributed by atoms with Crippen LogP contribution in [0.5, 0.6) is 17.2 Å². The Morgan fingerprint density at radius 2 is 1.63 bits per heavy atom. The van der Waals surface area contributed by atoms with Gasteiger partial charge in [0.05, 0.1) is 20.8 Å². The van der Waals surface area contributed by atoms with Crippen LogP contribution in [-0.4, -0.2) is 20.8 Å². The van der Waals surface area contributed by atoms with Crippen LogP contribution in [-0.2, 0) is 13.1 Å². The van der Waals surface area contributed by atoms with Crippen molar-refractivity contribution in [3.8, 4) is 17.2 Å². The zero-order chi connectivity index (χ0) is 19.2. The van der Waals surface area contributed by atoms with Crippen molar-refractivity contribution in [2.45, 2.75) is 20.0 Å². The predicted octanol–water partition coefficient (Wildman–Crippen LogP) is 5.20. The van der Waals surface area contributed by atoms with Crippen LogP contribution in [0, 0.1) is 0 Å². The SMILES string of the molecule is CCOc1ccc2ccccc2c1CNCc1cc(OC)c(OC)cc1Cl. The lowest BCUT2D eigenvalue weighted by atomic mass is 10.0. The summed E-state index contributed by atoms with van der Waals surface area (Å²) in [5.74, 6) is 2.19. The lowest BCUT2D eigenvalue weighted by molar-refractivity contribution is 0.336. The molecule has 0 spiro atoms. The molecule has 0 fully saturated rings. The molecule has 3 aromatic carbocycles. The number of halogens is 1. The van der Waals surface area contributed by atoms with E-state index in [1.54, 1.807) is 20.3 Å². The molecule has 3 rings (SSSR count). The van der Waals surface area contributed by atoms with Crippen LogP contribution in [0.25, 0.3) is 10.8 Å². The quantitative estimate of drug-likeness (QED) is 0.578. The van der Waals surface area contributed by atoms with Crippen LogP contribution >= 0.6 is 11.6 Å². The number of fused-ring (bicyclic) bond motifs is 1. The van der Waals surface area contributed by atoms with Crippen molar-refractivity contribution in [3.05, 3.63) is 64.7 Å². The smallest absolute Gasteiger partial charge is 0.162 e. The Kier molecular flexibility index (Phi) is 6.43. The number of benzene rings is 3. The highest BCUT2D eigenvalue weighted by molar-refractivity contribution is 6.31. The summed E-state index contributed by atoms with van der Waals surface area (Å²) in [6, 6.07) is 16.1. The third-order valence-electron chi connectivity index (χ3n) is 4.47. The van der Waals surface area contributed by atoms with Gasteiger partial charge in [-0.05, 0) is 35.4 Å². The van der Waals surface area contributed by atoms with Crippen molar-refractivity contribution in [1.29, 1.82) is 0 Å². The van der Waals surface area contributed by atoms with Crippen molar-refractivity contribution >= 4 is 22.4 Å². The topological polar surface area (TPSA) is 39.7 Å². The van der Waals surface area contributed by atoms with Crippen molar-refractivity contribution in [2.75, 3.05) is 20.8 Å². The standard InChI is InChI=1S/C22H24ClNO3/c1-4-27-20-10-9-15-7-5-6-8-17(15)18(20)14-24-13-16-11-21(25-2)22(26-3)12-19(16)23/h5-12,24H,4,13-14H2,1-3H3. The van der Waals surface area contributed by atoms with Crippen molar-refractivity contribution in [3.63, 3.8) is 0 Å². The fourth-order valence-corrected chi connectivity index (χ4v) is 3.36. The van der Waals surface area contributed by atoms with E-state index in [-0.39, 0.29) is 0 Å². The van der Waals surface area contributed by atoms with Crippen molar-refractivity contribution in [2.24, 2.45) is 0 Å². The molecule has 0 unspecified atom stereocenters. The molecular formula is C22H24ClNO3. The van der Waals surface area contributed by atoms with Gasteiger partial charge in [-0.3, -0.25) is 0 Å². The van der Waals surface area contributed by atoms with Gasteiger partial charge in [0, 0.05) is 29.7 Å². The number of hydrogen-bond acceptors (Lipinski definition) is 4. The van der Waals surface area contributed by atoms with Crippen LogP contribution in [0.2, 0.25) is 5.02 Å². The maximum Gasteiger partial charge on any atom is 0.162 e. The van der Waals surface area contributed by atoms with Crippen molar-refractivity contribution < 1.29 is 14.2 Å². The lowest BCUT2D eigenvalue weighted by Gasteiger charge is -2.15. The van der Waals surface area contributed by atoms with E-state index in [2.05, 4.69) is 23.5 Å². The summed E-state index contributed by atoms with van der Waals surface area (Å²) in [6.45, 7) is 3.90. The van der Waals surface area contributed by atoms with Gasteiger partial charge in [0.1, 0.15) is 5.75 Å². The number of hydrogen-bond donors (Lipinski definition) is 1. The average molecular weight is 386 g/mol. The summed E-state index contributed by atoms with van der Waals surface area (Å²) >= 11 is 6.39. The molecule has 0 heterocycles. The largest absolute Gasteiger partial charge is 0.494 e. The first-order chi connectivity index (χ1) is 13.2. The minimum atomic E-state index is 0.605. The third-order valence-corrected chi connectivity index (χ3v) is 4.82. The molecule has 0 radical (unpaired) electrons. The third kappa shape index (κ3) is 4.29. The Balaban J connectivity index is 1.82. The van der Waals surface area contributed by atoms with Crippen LogP contribution < -0.4 is 19.5 Å². The Bertz CT molecular complexity index is 927. The molecule has 0 aliphatic carbocycles. The maximum absolute atomic E-state index is 6.39. The minimum Gasteiger partial charge on any atom is -0.494 e. The van der Waals surface area contributed by atoms with E-state index in [4.69, 9.17) is 25.8 Å². The lowest BCUT2D eigenvalue weighted by Crippen LogP contribution is -2.14. The van der Waals surface area contributed by atoms with Gasteiger partial charge in [-0.15, -0.1) is 0 Å². The molecule has 0 atom stereocenters. The van der Waals surface area contributed by atoms with E-state index in [0.29, 0.717) is 36.2 Å². The van der Waals surface area contributed by atoms with E-state index in [1.165, 1.54) is 10.8 Å². The molecule has 0 bridgehead atoms. The van der Waals surface area contributed by atoms with Gasteiger partial charge in [-0.2, -0.15) is 0 Å². The van der Waals surface area contributed by atoms with Gasteiger partial charge >= 0.3 is 0 Å². The van der Waals surface area contributed by atoms with E-state index in [0.717, 1.165) is 16.9 Å². The zero-order valence-corrected chi connectivity index (χ0v) is 16.6. The van der Waals surface area contributed by atoms with E-state index >= 15 is 0 Å². The molecule has 4 nitrogen and oxygen atoms in total. The average Bonchev–Trinajstić information content (AvgIpc) is 2.70. The monoisotopic (exact) mass is 385 g/mol. The van der Waals surface area contributed by atoms with Gasteiger partial charge in [0.2, 0.25) is 0 Å². The van der Waals surface area contributed by atoms with Gasteiger partial charge in [-0.25, -0.2) is 0 Å². The molecule has 3 aromatic rings. The fourth-order valence-electron chi connectivity index (χ4n) is 3.14. The summed E-state index contributed by atoms with van der Waals surface area (Å²) in [4.78, 5) is 0. The molecule has 0 amide bonds. The highest BCUT2D eigenvalue weighted by Crippen LogP contribution is 2.33. The Morgan fingerprint density at radius 3 is 2.37 bits per heavy atom. The summed E-state index contributed by atoms with van der Waals surface area (Å²) in [5.41, 5.74) is 2.10. The number of rotatable bonds is 8. The van der Waals surface area contributed by atoms with Gasteiger partial charge in [0.25, 0.3) is 0 Å². The predicted molar refractivity (Wildman–Crippen MR) is 110 cm³/mol. The maximum atomic E-state index is 6.39. The fraction of sp³-hybridized carbons (Fsp3) is 0.273. The minimum absolute atomic E-state index is 0.605. The molecule has 0 aromatic heterocycles. The molecule has 1 N–H and O–H groups in total. The van der Waals surface area contributed by atoms with Gasteiger partial charge < -0.3 is 19.5 Å². The second kappa shape index (κ2) is 8.98. The Hall–Kier alpha value is -2.43. The Morgan fingerprint density at radius 1 is 0.889 bits per heavy atom. The van der Waals surface area contributed by atoms with Crippen LogP contribution in [0.4, 0.5) is 0 Å². The molecule has 5 heteroatoms. The molecular weight excluding hydrogens is 362 g/mol.